The molecule has 0 bridgehead atoms. The van der Waals surface area contributed by atoms with E-state index in [4.69, 9.17) is 46.4 Å². The van der Waals surface area contributed by atoms with Gasteiger partial charge in [-0.15, -0.1) is 34.8 Å². The normalized spacial score (nSPS) is 16.7. The monoisotopic (exact) mass is 248 g/mol. The summed E-state index contributed by atoms with van der Waals surface area (Å²) in [5.74, 6) is 0.682. The van der Waals surface area contributed by atoms with Crippen molar-refractivity contribution in [3.8, 4) is 0 Å². The summed E-state index contributed by atoms with van der Waals surface area (Å²) in [6.45, 7) is 0. The van der Waals surface area contributed by atoms with E-state index in [9.17, 15) is 0 Å². The van der Waals surface area contributed by atoms with E-state index >= 15 is 0 Å². The first-order chi connectivity index (χ1) is 5.72. The first-order valence-corrected chi connectivity index (χ1v) is 5.67. The molecule has 0 aliphatic carbocycles. The molecule has 0 N–H and O–H groups in total. The summed E-state index contributed by atoms with van der Waals surface area (Å²) in [4.78, 5) is 0. The van der Waals surface area contributed by atoms with Crippen LogP contribution < -0.4 is 0 Å². The molecule has 2 atom stereocenters. The van der Waals surface area contributed by atoms with Crippen molar-refractivity contribution in [2.75, 3.05) is 5.88 Å². The summed E-state index contributed by atoms with van der Waals surface area (Å²) in [7, 11) is 0. The minimum absolute atomic E-state index is 0.0510. The Morgan fingerprint density at radius 2 is 1.83 bits per heavy atom. The fourth-order valence-corrected chi connectivity index (χ4v) is 1.64. The van der Waals surface area contributed by atoms with Gasteiger partial charge in [-0.2, -0.15) is 0 Å². The largest absolute Gasteiger partial charge is 0.127 e. The van der Waals surface area contributed by atoms with Crippen LogP contribution in [0.5, 0.6) is 0 Å². The van der Waals surface area contributed by atoms with Crippen LogP contribution in [-0.4, -0.2) is 16.6 Å². The lowest BCUT2D eigenvalue weighted by atomic mass is 10.1. The van der Waals surface area contributed by atoms with E-state index in [0.717, 1.165) is 19.3 Å². The number of alkyl halides is 3. The van der Waals surface area contributed by atoms with Crippen molar-refractivity contribution in [3.63, 3.8) is 0 Å². The molecule has 2 unspecified atom stereocenters. The zero-order chi connectivity index (χ0) is 9.40. The van der Waals surface area contributed by atoms with Crippen molar-refractivity contribution in [3.05, 3.63) is 11.6 Å². The van der Waals surface area contributed by atoms with Crippen LogP contribution in [0, 0.1) is 0 Å². The third-order valence-electron chi connectivity index (χ3n) is 1.47. The van der Waals surface area contributed by atoms with Gasteiger partial charge in [-0.1, -0.05) is 24.1 Å². The number of allylic oxidation sites excluding steroid dienone is 1. The standard InChI is InChI=1S/C8H12Cl4/c9-5-2-1-3-7(11)8(12)4-6-10/h4,6-8H,1-3,5H2. The average Bonchev–Trinajstić information content (AvgIpc) is 2.05. The zero-order valence-corrected chi connectivity index (χ0v) is 9.67. The first kappa shape index (κ1) is 12.9. The molecule has 0 spiro atoms. The van der Waals surface area contributed by atoms with Gasteiger partial charge >= 0.3 is 0 Å². The van der Waals surface area contributed by atoms with Crippen LogP contribution in [0.3, 0.4) is 0 Å². The van der Waals surface area contributed by atoms with Gasteiger partial charge < -0.3 is 0 Å². The van der Waals surface area contributed by atoms with Crippen LogP contribution >= 0.6 is 46.4 Å². The number of rotatable bonds is 6. The van der Waals surface area contributed by atoms with Crippen LogP contribution in [0.2, 0.25) is 0 Å². The fourth-order valence-electron chi connectivity index (χ4n) is 0.783. The maximum absolute atomic E-state index is 5.96. The Labute approximate surface area is 93.8 Å². The van der Waals surface area contributed by atoms with Crippen LogP contribution in [-0.2, 0) is 0 Å². The van der Waals surface area contributed by atoms with E-state index in [-0.39, 0.29) is 10.8 Å². The van der Waals surface area contributed by atoms with Crippen molar-refractivity contribution in [2.45, 2.75) is 30.0 Å². The Bertz CT molecular complexity index is 124. The Morgan fingerprint density at radius 3 is 2.33 bits per heavy atom. The summed E-state index contributed by atoms with van der Waals surface area (Å²) in [5, 5.41) is -0.232. The third-order valence-corrected chi connectivity index (χ3v) is 2.95. The maximum Gasteiger partial charge on any atom is 0.0691 e. The van der Waals surface area contributed by atoms with E-state index in [1.54, 1.807) is 6.08 Å². The molecule has 12 heavy (non-hydrogen) atoms. The molecule has 0 heterocycles. The predicted octanol–water partition coefficient (Wildman–Crippen LogP) is 4.36. The summed E-state index contributed by atoms with van der Waals surface area (Å²) in [5.41, 5.74) is 1.40. The predicted molar refractivity (Wildman–Crippen MR) is 58.8 cm³/mol. The van der Waals surface area contributed by atoms with Gasteiger partial charge in [-0.25, -0.2) is 0 Å². The first-order valence-electron chi connectivity index (χ1n) is 3.83. The van der Waals surface area contributed by atoms with E-state index in [1.807, 2.05) is 0 Å². The van der Waals surface area contributed by atoms with Gasteiger partial charge in [0.2, 0.25) is 0 Å². The highest BCUT2D eigenvalue weighted by Crippen LogP contribution is 2.18. The van der Waals surface area contributed by atoms with Crippen LogP contribution in [0.1, 0.15) is 19.3 Å². The van der Waals surface area contributed by atoms with Gasteiger partial charge in [-0.3, -0.25) is 0 Å². The van der Waals surface area contributed by atoms with Gasteiger partial charge in [0.25, 0.3) is 0 Å². The molecule has 0 amide bonds. The molecule has 0 aromatic rings. The molecule has 0 rings (SSSR count). The van der Waals surface area contributed by atoms with Gasteiger partial charge in [0.1, 0.15) is 0 Å². The Morgan fingerprint density at radius 1 is 1.17 bits per heavy atom. The Balaban J connectivity index is 3.49. The molecular formula is C8H12Cl4. The molecule has 0 nitrogen and oxygen atoms in total. The van der Waals surface area contributed by atoms with Crippen molar-refractivity contribution < 1.29 is 0 Å². The van der Waals surface area contributed by atoms with Crippen molar-refractivity contribution in [1.29, 1.82) is 0 Å². The summed E-state index contributed by atoms with van der Waals surface area (Å²) in [6, 6.07) is 0. The molecule has 0 aliphatic heterocycles. The molecule has 0 saturated heterocycles. The van der Waals surface area contributed by atoms with Crippen molar-refractivity contribution in [1.82, 2.24) is 0 Å². The highest BCUT2D eigenvalue weighted by molar-refractivity contribution is 6.32. The topological polar surface area (TPSA) is 0 Å². The molecule has 0 radical (unpaired) electrons. The van der Waals surface area contributed by atoms with Gasteiger partial charge in [0.05, 0.1) is 10.8 Å². The second-order valence-electron chi connectivity index (χ2n) is 2.46. The SMILES string of the molecule is ClC=CC(Cl)C(Cl)CCCCCl. The Hall–Kier alpha value is 0.900. The Kier molecular flexibility index (Phi) is 9.13. The minimum Gasteiger partial charge on any atom is -0.127 e. The van der Waals surface area contributed by atoms with Crippen LogP contribution in [0.4, 0.5) is 0 Å². The lowest BCUT2D eigenvalue weighted by molar-refractivity contribution is 0.687. The van der Waals surface area contributed by atoms with E-state index in [1.165, 1.54) is 5.54 Å². The third kappa shape index (κ3) is 6.42. The smallest absolute Gasteiger partial charge is 0.0691 e. The van der Waals surface area contributed by atoms with Gasteiger partial charge in [0, 0.05) is 11.4 Å². The van der Waals surface area contributed by atoms with E-state index < -0.39 is 0 Å². The molecule has 0 aliphatic rings. The minimum atomic E-state index is -0.181. The quantitative estimate of drug-likeness (QED) is 0.485. The fraction of sp³-hybridized carbons (Fsp3) is 0.750. The summed E-state index contributed by atoms with van der Waals surface area (Å²) in [6.07, 6.45) is 4.56. The maximum atomic E-state index is 5.96. The van der Waals surface area contributed by atoms with E-state index in [0.29, 0.717) is 5.88 Å². The average molecular weight is 250 g/mol. The molecule has 0 fully saturated rings. The number of hydrogen-bond acceptors (Lipinski definition) is 0. The molecule has 72 valence electrons. The highest BCUT2D eigenvalue weighted by atomic mass is 35.5. The lowest BCUT2D eigenvalue weighted by Crippen LogP contribution is -2.11. The number of hydrogen-bond donors (Lipinski definition) is 0. The van der Waals surface area contributed by atoms with Crippen LogP contribution in [0.25, 0.3) is 0 Å². The number of halogens is 4. The second-order valence-corrected chi connectivity index (χ2v) is 4.16. The number of unbranched alkanes of at least 4 members (excludes halogenated alkanes) is 1. The van der Waals surface area contributed by atoms with Gasteiger partial charge in [-0.05, 0) is 12.8 Å². The molecule has 4 heteroatoms. The van der Waals surface area contributed by atoms with Crippen LogP contribution in [0.15, 0.2) is 11.6 Å². The highest BCUT2D eigenvalue weighted by Gasteiger charge is 2.12. The zero-order valence-electron chi connectivity index (χ0n) is 6.65. The van der Waals surface area contributed by atoms with E-state index in [2.05, 4.69) is 0 Å². The molecular weight excluding hydrogens is 238 g/mol. The van der Waals surface area contributed by atoms with Gasteiger partial charge in [0.15, 0.2) is 0 Å². The summed E-state index contributed by atoms with van der Waals surface area (Å²) < 4.78 is 0. The molecule has 0 saturated carbocycles. The van der Waals surface area contributed by atoms with Crippen molar-refractivity contribution in [2.24, 2.45) is 0 Å². The summed E-state index contributed by atoms with van der Waals surface area (Å²) >= 11 is 22.7. The molecule has 0 aromatic carbocycles. The second kappa shape index (κ2) is 8.50. The lowest BCUT2D eigenvalue weighted by Gasteiger charge is -2.11. The molecule has 0 aromatic heterocycles. The van der Waals surface area contributed by atoms with Crippen molar-refractivity contribution >= 4 is 46.4 Å².